The van der Waals surface area contributed by atoms with E-state index in [-0.39, 0.29) is 0 Å². The van der Waals surface area contributed by atoms with Gasteiger partial charge in [0.1, 0.15) is 0 Å². The molecule has 3 nitrogen and oxygen atoms in total. The van der Waals surface area contributed by atoms with Gasteiger partial charge in [0.05, 0.1) is 6.54 Å². The Bertz CT molecular complexity index is 674. The molecule has 4 heteroatoms. The smallest absolute Gasteiger partial charge is 0.207 e. The van der Waals surface area contributed by atoms with Crippen molar-refractivity contribution in [2.24, 2.45) is 0 Å². The number of nitrogens with zero attached hydrogens (tertiary/aromatic N) is 2. The number of anilines is 2. The molecule has 3 rings (SSSR count). The molecule has 0 amide bonds. The van der Waals surface area contributed by atoms with Crippen LogP contribution in [0.2, 0.25) is 5.02 Å². The van der Waals surface area contributed by atoms with Crippen LogP contribution in [0.3, 0.4) is 0 Å². The quantitative estimate of drug-likeness (QED) is 0.772. The fraction of sp³-hybridized carbons (Fsp3) is 0.0625. The molecule has 1 N–H and O–H groups in total. The Morgan fingerprint density at radius 1 is 1.00 bits per heavy atom. The minimum Gasteiger partial charge on any atom is -0.326 e. The van der Waals surface area contributed by atoms with Crippen molar-refractivity contribution in [2.45, 2.75) is 6.54 Å². The maximum atomic E-state index is 5.90. The van der Waals surface area contributed by atoms with Crippen molar-refractivity contribution in [3.8, 4) is 0 Å². The molecule has 1 heterocycles. The van der Waals surface area contributed by atoms with Gasteiger partial charge in [0.2, 0.25) is 5.95 Å². The van der Waals surface area contributed by atoms with Crippen molar-refractivity contribution in [3.63, 3.8) is 0 Å². The van der Waals surface area contributed by atoms with E-state index >= 15 is 0 Å². The largest absolute Gasteiger partial charge is 0.326 e. The van der Waals surface area contributed by atoms with Crippen LogP contribution in [0.15, 0.2) is 67.0 Å². The fourth-order valence-electron chi connectivity index (χ4n) is 2.00. The van der Waals surface area contributed by atoms with E-state index in [1.54, 1.807) is 6.20 Å². The van der Waals surface area contributed by atoms with Gasteiger partial charge in [-0.1, -0.05) is 41.9 Å². The number of para-hydroxylation sites is 1. The number of rotatable bonds is 4. The highest BCUT2D eigenvalue weighted by Gasteiger charge is 2.03. The maximum Gasteiger partial charge on any atom is 0.207 e. The van der Waals surface area contributed by atoms with Gasteiger partial charge in [0.15, 0.2) is 0 Å². The van der Waals surface area contributed by atoms with Gasteiger partial charge in [-0.15, -0.1) is 0 Å². The second kappa shape index (κ2) is 5.80. The van der Waals surface area contributed by atoms with Gasteiger partial charge < -0.3 is 9.88 Å². The Morgan fingerprint density at radius 2 is 1.75 bits per heavy atom. The highest BCUT2D eigenvalue weighted by molar-refractivity contribution is 6.30. The predicted octanol–water partition coefficient (Wildman–Crippen LogP) is 4.33. The molecule has 100 valence electrons. The first kappa shape index (κ1) is 12.8. The number of imidazole rings is 1. The third kappa shape index (κ3) is 3.00. The highest BCUT2D eigenvalue weighted by atomic mass is 35.5. The Labute approximate surface area is 122 Å². The van der Waals surface area contributed by atoms with Gasteiger partial charge in [-0.05, 0) is 29.8 Å². The topological polar surface area (TPSA) is 29.9 Å². The predicted molar refractivity (Wildman–Crippen MR) is 82.5 cm³/mol. The van der Waals surface area contributed by atoms with Crippen LogP contribution in [0.4, 0.5) is 11.6 Å². The number of benzene rings is 2. The van der Waals surface area contributed by atoms with Crippen molar-refractivity contribution in [1.82, 2.24) is 9.55 Å². The first-order chi connectivity index (χ1) is 9.81. The Morgan fingerprint density at radius 3 is 2.50 bits per heavy atom. The molecule has 0 spiro atoms. The van der Waals surface area contributed by atoms with Gasteiger partial charge in [0, 0.05) is 23.1 Å². The summed E-state index contributed by atoms with van der Waals surface area (Å²) in [5.74, 6) is 0.825. The number of hydrogen-bond donors (Lipinski definition) is 1. The summed E-state index contributed by atoms with van der Waals surface area (Å²) in [7, 11) is 0. The summed E-state index contributed by atoms with van der Waals surface area (Å²) in [4.78, 5) is 4.35. The summed E-state index contributed by atoms with van der Waals surface area (Å²) in [5, 5.41) is 4.06. The molecular formula is C16H14ClN3. The molecule has 0 saturated heterocycles. The van der Waals surface area contributed by atoms with Crippen molar-refractivity contribution < 1.29 is 0 Å². The van der Waals surface area contributed by atoms with Gasteiger partial charge >= 0.3 is 0 Å². The summed E-state index contributed by atoms with van der Waals surface area (Å²) in [6.07, 6.45) is 3.75. The molecule has 0 aliphatic carbocycles. The molecule has 0 aliphatic heterocycles. The summed E-state index contributed by atoms with van der Waals surface area (Å²) in [5.41, 5.74) is 2.21. The standard InChI is InChI=1S/C16H14ClN3/c17-14-8-6-13(7-9-14)12-20-11-10-18-16(20)19-15-4-2-1-3-5-15/h1-11H,12H2,(H,18,19). The van der Waals surface area contributed by atoms with Crippen LogP contribution in [-0.4, -0.2) is 9.55 Å². The van der Waals surface area contributed by atoms with E-state index in [1.807, 2.05) is 60.8 Å². The molecule has 2 aromatic carbocycles. The van der Waals surface area contributed by atoms with Gasteiger partial charge in [0.25, 0.3) is 0 Å². The summed E-state index contributed by atoms with van der Waals surface area (Å²) < 4.78 is 2.07. The number of nitrogens with one attached hydrogen (secondary N) is 1. The lowest BCUT2D eigenvalue weighted by Crippen LogP contribution is -2.04. The first-order valence-electron chi connectivity index (χ1n) is 6.39. The van der Waals surface area contributed by atoms with Crippen LogP contribution in [-0.2, 0) is 6.54 Å². The van der Waals surface area contributed by atoms with Crippen LogP contribution in [0.1, 0.15) is 5.56 Å². The van der Waals surface area contributed by atoms with Crippen LogP contribution in [0, 0.1) is 0 Å². The Hall–Kier alpha value is -2.26. The number of hydrogen-bond acceptors (Lipinski definition) is 2. The summed E-state index contributed by atoms with van der Waals surface area (Å²) in [6.45, 7) is 0.756. The molecule has 0 saturated carbocycles. The SMILES string of the molecule is Clc1ccc(Cn2ccnc2Nc2ccccc2)cc1. The van der Waals surface area contributed by atoms with E-state index in [0.717, 1.165) is 23.2 Å². The van der Waals surface area contributed by atoms with Crippen molar-refractivity contribution in [2.75, 3.05) is 5.32 Å². The van der Waals surface area contributed by atoms with Crippen LogP contribution >= 0.6 is 11.6 Å². The second-order valence-corrected chi connectivity index (χ2v) is 4.93. The molecule has 0 bridgehead atoms. The van der Waals surface area contributed by atoms with E-state index in [4.69, 9.17) is 11.6 Å². The Kier molecular flexibility index (Phi) is 3.70. The monoisotopic (exact) mass is 283 g/mol. The van der Waals surface area contributed by atoms with Gasteiger partial charge in [-0.2, -0.15) is 0 Å². The first-order valence-corrected chi connectivity index (χ1v) is 6.77. The minimum absolute atomic E-state index is 0.752. The maximum absolute atomic E-state index is 5.90. The second-order valence-electron chi connectivity index (χ2n) is 4.50. The third-order valence-electron chi connectivity index (χ3n) is 3.01. The fourth-order valence-corrected chi connectivity index (χ4v) is 2.12. The average molecular weight is 284 g/mol. The van der Waals surface area contributed by atoms with E-state index in [2.05, 4.69) is 14.9 Å². The van der Waals surface area contributed by atoms with Crippen molar-refractivity contribution in [3.05, 3.63) is 77.6 Å². The molecule has 20 heavy (non-hydrogen) atoms. The molecule has 0 atom stereocenters. The molecule has 0 unspecified atom stereocenters. The van der Waals surface area contributed by atoms with Gasteiger partial charge in [-0.25, -0.2) is 4.98 Å². The molecular weight excluding hydrogens is 270 g/mol. The van der Waals surface area contributed by atoms with Crippen molar-refractivity contribution in [1.29, 1.82) is 0 Å². The zero-order chi connectivity index (χ0) is 13.8. The lowest BCUT2D eigenvalue weighted by Gasteiger charge is -2.10. The molecule has 3 aromatic rings. The summed E-state index contributed by atoms with van der Waals surface area (Å²) >= 11 is 5.90. The van der Waals surface area contributed by atoms with E-state index in [9.17, 15) is 0 Å². The summed E-state index contributed by atoms with van der Waals surface area (Å²) in [6, 6.07) is 17.9. The number of halogens is 1. The molecule has 0 aliphatic rings. The Balaban J connectivity index is 1.78. The van der Waals surface area contributed by atoms with E-state index < -0.39 is 0 Å². The van der Waals surface area contributed by atoms with Gasteiger partial charge in [-0.3, -0.25) is 0 Å². The van der Waals surface area contributed by atoms with Crippen LogP contribution in [0.5, 0.6) is 0 Å². The van der Waals surface area contributed by atoms with Crippen molar-refractivity contribution >= 4 is 23.2 Å². The van der Waals surface area contributed by atoms with E-state index in [0.29, 0.717) is 0 Å². The lowest BCUT2D eigenvalue weighted by atomic mass is 10.2. The molecule has 0 fully saturated rings. The van der Waals surface area contributed by atoms with Crippen LogP contribution < -0.4 is 5.32 Å². The number of aromatic nitrogens is 2. The highest BCUT2D eigenvalue weighted by Crippen LogP contribution is 2.16. The normalized spacial score (nSPS) is 10.4. The molecule has 1 aromatic heterocycles. The van der Waals surface area contributed by atoms with E-state index in [1.165, 1.54) is 5.56 Å². The minimum atomic E-state index is 0.752. The molecule has 0 radical (unpaired) electrons. The average Bonchev–Trinajstić information content (AvgIpc) is 2.90. The van der Waals surface area contributed by atoms with Crippen LogP contribution in [0.25, 0.3) is 0 Å². The zero-order valence-electron chi connectivity index (χ0n) is 10.8. The third-order valence-corrected chi connectivity index (χ3v) is 3.26. The lowest BCUT2D eigenvalue weighted by molar-refractivity contribution is 0.808. The zero-order valence-corrected chi connectivity index (χ0v) is 11.6.